The van der Waals surface area contributed by atoms with Crippen molar-refractivity contribution < 1.29 is 14.2 Å². The van der Waals surface area contributed by atoms with Gasteiger partial charge in [0.1, 0.15) is 5.75 Å². The first-order valence-corrected chi connectivity index (χ1v) is 7.76. The van der Waals surface area contributed by atoms with Gasteiger partial charge in [-0.2, -0.15) is 0 Å². The van der Waals surface area contributed by atoms with Crippen molar-refractivity contribution in [1.82, 2.24) is 4.90 Å². The second kappa shape index (κ2) is 8.37. The minimum absolute atomic E-state index is 0.0281. The Morgan fingerprint density at radius 1 is 1.29 bits per heavy atom. The molecule has 0 saturated carbocycles. The largest absolute Gasteiger partial charge is 0.496 e. The highest BCUT2D eigenvalue weighted by atomic mass is 16.7. The van der Waals surface area contributed by atoms with Gasteiger partial charge in [0.15, 0.2) is 6.29 Å². The van der Waals surface area contributed by atoms with E-state index in [4.69, 9.17) is 14.2 Å². The van der Waals surface area contributed by atoms with Gasteiger partial charge in [0, 0.05) is 19.0 Å². The van der Waals surface area contributed by atoms with Crippen molar-refractivity contribution >= 4 is 0 Å². The topological polar surface area (TPSA) is 30.9 Å². The lowest BCUT2D eigenvalue weighted by Crippen LogP contribution is -2.35. The number of para-hydroxylation sites is 1. The molecule has 1 aliphatic rings. The van der Waals surface area contributed by atoms with Crippen LogP contribution in [0, 0.1) is 0 Å². The van der Waals surface area contributed by atoms with Gasteiger partial charge in [0.25, 0.3) is 0 Å². The number of benzene rings is 1. The zero-order chi connectivity index (χ0) is 15.1. The molecule has 0 radical (unpaired) electrons. The van der Waals surface area contributed by atoms with Crippen molar-refractivity contribution in [3.63, 3.8) is 0 Å². The molecule has 1 saturated heterocycles. The Bertz CT molecular complexity index is 418. The van der Waals surface area contributed by atoms with Crippen LogP contribution in [0.3, 0.4) is 0 Å². The third kappa shape index (κ3) is 4.99. The molecule has 4 heteroatoms. The molecule has 1 fully saturated rings. The van der Waals surface area contributed by atoms with Gasteiger partial charge in [0.2, 0.25) is 0 Å². The molecule has 118 valence electrons. The lowest BCUT2D eigenvalue weighted by molar-refractivity contribution is -0.182. The molecule has 0 spiro atoms. The fourth-order valence-corrected chi connectivity index (χ4v) is 2.58. The van der Waals surface area contributed by atoms with Crippen LogP contribution in [0.25, 0.3) is 0 Å². The standard InChI is InChI=1S/C17H27NO3/c1-14(13-15-7-4-5-8-16(15)19-3)18(2)10-9-17-20-11-6-12-21-17/h4-5,7-8,14,17H,6,9-13H2,1-3H3. The SMILES string of the molecule is COc1ccccc1CC(C)N(C)CCC1OCCCO1. The summed E-state index contributed by atoms with van der Waals surface area (Å²) in [5, 5.41) is 0. The molecule has 0 aromatic heterocycles. The molecule has 1 unspecified atom stereocenters. The Morgan fingerprint density at radius 3 is 2.71 bits per heavy atom. The number of likely N-dealkylation sites (N-methyl/N-ethyl adjacent to an activating group) is 1. The van der Waals surface area contributed by atoms with Crippen molar-refractivity contribution in [2.75, 3.05) is 33.9 Å². The summed E-state index contributed by atoms with van der Waals surface area (Å²) in [7, 11) is 3.88. The van der Waals surface area contributed by atoms with Crippen LogP contribution < -0.4 is 4.74 Å². The smallest absolute Gasteiger partial charge is 0.158 e. The second-order valence-electron chi connectivity index (χ2n) is 5.66. The number of methoxy groups -OCH3 is 1. The van der Waals surface area contributed by atoms with Crippen molar-refractivity contribution in [1.29, 1.82) is 0 Å². The van der Waals surface area contributed by atoms with Crippen LogP contribution in [0.15, 0.2) is 24.3 Å². The summed E-state index contributed by atoms with van der Waals surface area (Å²) in [6.07, 6.45) is 2.88. The van der Waals surface area contributed by atoms with E-state index in [-0.39, 0.29) is 6.29 Å². The average Bonchev–Trinajstić information content (AvgIpc) is 2.54. The Kier molecular flexibility index (Phi) is 6.49. The zero-order valence-electron chi connectivity index (χ0n) is 13.4. The molecule has 1 aromatic rings. The maximum Gasteiger partial charge on any atom is 0.158 e. The van der Waals surface area contributed by atoms with Gasteiger partial charge < -0.3 is 19.1 Å². The Balaban J connectivity index is 1.80. The van der Waals surface area contributed by atoms with Gasteiger partial charge in [0.05, 0.1) is 20.3 Å². The highest BCUT2D eigenvalue weighted by Crippen LogP contribution is 2.20. The molecule has 1 aromatic carbocycles. The Labute approximate surface area is 128 Å². The predicted molar refractivity (Wildman–Crippen MR) is 83.7 cm³/mol. The second-order valence-corrected chi connectivity index (χ2v) is 5.66. The van der Waals surface area contributed by atoms with Crippen LogP contribution in [0.2, 0.25) is 0 Å². The van der Waals surface area contributed by atoms with E-state index < -0.39 is 0 Å². The van der Waals surface area contributed by atoms with E-state index in [2.05, 4.69) is 31.0 Å². The Morgan fingerprint density at radius 2 is 2.00 bits per heavy atom. The maximum atomic E-state index is 5.59. The molecule has 2 rings (SSSR count). The van der Waals surface area contributed by atoms with E-state index >= 15 is 0 Å². The summed E-state index contributed by atoms with van der Waals surface area (Å²) >= 11 is 0. The molecule has 1 aliphatic heterocycles. The molecule has 1 atom stereocenters. The lowest BCUT2D eigenvalue weighted by atomic mass is 10.0. The van der Waals surface area contributed by atoms with Gasteiger partial charge in [-0.25, -0.2) is 0 Å². The van der Waals surface area contributed by atoms with Crippen molar-refractivity contribution in [2.24, 2.45) is 0 Å². The van der Waals surface area contributed by atoms with Crippen LogP contribution in [-0.2, 0) is 15.9 Å². The molecule has 4 nitrogen and oxygen atoms in total. The van der Waals surface area contributed by atoms with Gasteiger partial charge in [-0.3, -0.25) is 0 Å². The number of ether oxygens (including phenoxy) is 3. The molecule has 0 bridgehead atoms. The van der Waals surface area contributed by atoms with Crippen LogP contribution >= 0.6 is 0 Å². The minimum Gasteiger partial charge on any atom is -0.496 e. The molecule has 0 N–H and O–H groups in total. The highest BCUT2D eigenvalue weighted by Gasteiger charge is 2.17. The Hall–Kier alpha value is -1.10. The predicted octanol–water partition coefficient (Wildman–Crippen LogP) is 2.71. The maximum absolute atomic E-state index is 5.59. The van der Waals surface area contributed by atoms with Gasteiger partial charge in [-0.05, 0) is 38.4 Å². The van der Waals surface area contributed by atoms with Crippen LogP contribution in [0.1, 0.15) is 25.3 Å². The first-order valence-electron chi connectivity index (χ1n) is 7.76. The summed E-state index contributed by atoms with van der Waals surface area (Å²) in [5.74, 6) is 0.969. The fraction of sp³-hybridized carbons (Fsp3) is 0.647. The van der Waals surface area contributed by atoms with Gasteiger partial charge >= 0.3 is 0 Å². The highest BCUT2D eigenvalue weighted by molar-refractivity contribution is 5.33. The quantitative estimate of drug-likeness (QED) is 0.773. The number of hydrogen-bond donors (Lipinski definition) is 0. The molecular weight excluding hydrogens is 266 g/mol. The van der Waals surface area contributed by atoms with Crippen LogP contribution in [0.5, 0.6) is 5.75 Å². The summed E-state index contributed by atoms with van der Waals surface area (Å²) in [4.78, 5) is 2.35. The van der Waals surface area contributed by atoms with Crippen molar-refractivity contribution in [2.45, 2.75) is 38.5 Å². The molecule has 0 amide bonds. The monoisotopic (exact) mass is 293 g/mol. The average molecular weight is 293 g/mol. The number of nitrogens with zero attached hydrogens (tertiary/aromatic N) is 1. The zero-order valence-corrected chi connectivity index (χ0v) is 13.4. The lowest BCUT2D eigenvalue weighted by Gasteiger charge is -2.29. The van der Waals surface area contributed by atoms with E-state index in [1.54, 1.807) is 7.11 Å². The van der Waals surface area contributed by atoms with E-state index in [9.17, 15) is 0 Å². The third-order valence-electron chi connectivity index (χ3n) is 4.07. The van der Waals surface area contributed by atoms with E-state index in [0.717, 1.165) is 44.8 Å². The van der Waals surface area contributed by atoms with E-state index in [1.165, 1.54) is 5.56 Å². The van der Waals surface area contributed by atoms with Crippen LogP contribution in [-0.4, -0.2) is 51.1 Å². The summed E-state index contributed by atoms with van der Waals surface area (Å²) in [5.41, 5.74) is 1.25. The molecule has 21 heavy (non-hydrogen) atoms. The molecule has 0 aliphatic carbocycles. The summed E-state index contributed by atoms with van der Waals surface area (Å²) < 4.78 is 16.6. The van der Waals surface area contributed by atoms with Gasteiger partial charge in [-0.15, -0.1) is 0 Å². The molecule has 1 heterocycles. The normalized spacial score (nSPS) is 17.9. The molecular formula is C17H27NO3. The van der Waals surface area contributed by atoms with Crippen molar-refractivity contribution in [3.05, 3.63) is 29.8 Å². The van der Waals surface area contributed by atoms with Crippen molar-refractivity contribution in [3.8, 4) is 5.75 Å². The first-order chi connectivity index (χ1) is 10.2. The van der Waals surface area contributed by atoms with Gasteiger partial charge in [-0.1, -0.05) is 18.2 Å². The third-order valence-corrected chi connectivity index (χ3v) is 4.07. The summed E-state index contributed by atoms with van der Waals surface area (Å²) in [6, 6.07) is 8.68. The number of rotatable bonds is 7. The van der Waals surface area contributed by atoms with E-state index in [0.29, 0.717) is 6.04 Å². The van der Waals surface area contributed by atoms with E-state index in [1.807, 2.05) is 12.1 Å². The minimum atomic E-state index is -0.0281. The summed E-state index contributed by atoms with van der Waals surface area (Å²) in [6.45, 7) is 4.87. The fourth-order valence-electron chi connectivity index (χ4n) is 2.58. The first kappa shape index (κ1) is 16.3. The van der Waals surface area contributed by atoms with Crippen LogP contribution in [0.4, 0.5) is 0 Å². The number of hydrogen-bond acceptors (Lipinski definition) is 4.